The smallest absolute Gasteiger partial charge is 0.243 e. The Morgan fingerprint density at radius 3 is 2.95 bits per heavy atom. The summed E-state index contributed by atoms with van der Waals surface area (Å²) in [4.78, 5) is 12.2. The van der Waals surface area contributed by atoms with E-state index in [9.17, 15) is 9.90 Å². The first-order chi connectivity index (χ1) is 9.15. The largest absolute Gasteiger partial charge is 0.395 e. The normalized spacial score (nSPS) is 20.3. The summed E-state index contributed by atoms with van der Waals surface area (Å²) in [5.74, 6) is -0.00352. The molecule has 1 amide bonds. The Balaban J connectivity index is 1.93. The van der Waals surface area contributed by atoms with E-state index in [4.69, 9.17) is 0 Å². The predicted octanol–water partition coefficient (Wildman–Crippen LogP) is 1.25. The van der Waals surface area contributed by atoms with Crippen molar-refractivity contribution in [2.75, 3.05) is 18.2 Å². The number of para-hydroxylation sites is 1. The molecular formula is C14H20N2O2S. The van der Waals surface area contributed by atoms with Crippen LogP contribution in [0.4, 0.5) is 5.69 Å². The fourth-order valence-electron chi connectivity index (χ4n) is 2.31. The molecule has 0 fully saturated rings. The van der Waals surface area contributed by atoms with Crippen molar-refractivity contribution >= 4 is 23.4 Å². The second-order valence-electron chi connectivity index (χ2n) is 4.81. The van der Waals surface area contributed by atoms with E-state index in [1.54, 1.807) is 11.8 Å². The second-order valence-corrected chi connectivity index (χ2v) is 5.89. The SMILES string of the molecule is CSC(CO)C(C)NC(=O)C1Cc2ccccc2N1. The number of benzene rings is 1. The molecule has 3 N–H and O–H groups in total. The maximum Gasteiger partial charge on any atom is 0.243 e. The highest BCUT2D eigenvalue weighted by Gasteiger charge is 2.28. The van der Waals surface area contributed by atoms with Crippen molar-refractivity contribution in [3.63, 3.8) is 0 Å². The molecule has 1 aromatic carbocycles. The summed E-state index contributed by atoms with van der Waals surface area (Å²) in [5.41, 5.74) is 2.22. The van der Waals surface area contributed by atoms with Crippen LogP contribution >= 0.6 is 11.8 Å². The van der Waals surface area contributed by atoms with Crippen molar-refractivity contribution in [2.24, 2.45) is 0 Å². The molecule has 3 atom stereocenters. The number of carbonyl (C=O) groups excluding carboxylic acids is 1. The average molecular weight is 280 g/mol. The summed E-state index contributed by atoms with van der Waals surface area (Å²) in [6.07, 6.45) is 2.66. The number of carbonyl (C=O) groups is 1. The maximum atomic E-state index is 12.2. The molecule has 1 aromatic rings. The number of anilines is 1. The highest BCUT2D eigenvalue weighted by molar-refractivity contribution is 7.99. The topological polar surface area (TPSA) is 61.4 Å². The number of hydrogen-bond acceptors (Lipinski definition) is 4. The number of fused-ring (bicyclic) bond motifs is 1. The van der Waals surface area contributed by atoms with Crippen LogP contribution in [0, 0.1) is 0 Å². The van der Waals surface area contributed by atoms with Crippen molar-refractivity contribution in [3.8, 4) is 0 Å². The minimum absolute atomic E-state index is 0.00352. The van der Waals surface area contributed by atoms with Gasteiger partial charge in [-0.1, -0.05) is 18.2 Å². The van der Waals surface area contributed by atoms with E-state index >= 15 is 0 Å². The van der Waals surface area contributed by atoms with E-state index < -0.39 is 0 Å². The molecule has 0 aromatic heterocycles. The molecule has 2 rings (SSSR count). The van der Waals surface area contributed by atoms with Crippen LogP contribution in [0.1, 0.15) is 12.5 Å². The Hall–Kier alpha value is -1.20. The lowest BCUT2D eigenvalue weighted by Gasteiger charge is -2.23. The lowest BCUT2D eigenvalue weighted by Crippen LogP contribution is -2.47. The molecule has 4 nitrogen and oxygen atoms in total. The molecular weight excluding hydrogens is 260 g/mol. The van der Waals surface area contributed by atoms with Gasteiger partial charge in [-0.25, -0.2) is 0 Å². The fraction of sp³-hybridized carbons (Fsp3) is 0.500. The second kappa shape index (κ2) is 6.30. The van der Waals surface area contributed by atoms with Crippen LogP contribution in [0.2, 0.25) is 0 Å². The lowest BCUT2D eigenvalue weighted by molar-refractivity contribution is -0.122. The molecule has 3 unspecified atom stereocenters. The van der Waals surface area contributed by atoms with Gasteiger partial charge < -0.3 is 15.7 Å². The lowest BCUT2D eigenvalue weighted by atomic mass is 10.1. The molecule has 0 bridgehead atoms. The molecule has 19 heavy (non-hydrogen) atoms. The fourth-order valence-corrected chi connectivity index (χ4v) is 2.94. The minimum Gasteiger partial charge on any atom is -0.395 e. The Morgan fingerprint density at radius 2 is 2.32 bits per heavy atom. The van der Waals surface area contributed by atoms with Crippen LogP contribution in [-0.2, 0) is 11.2 Å². The summed E-state index contributed by atoms with van der Waals surface area (Å²) >= 11 is 1.56. The Kier molecular flexibility index (Phi) is 4.71. The van der Waals surface area contributed by atoms with Crippen LogP contribution in [0.5, 0.6) is 0 Å². The van der Waals surface area contributed by atoms with Gasteiger partial charge in [0.2, 0.25) is 5.91 Å². The molecule has 1 heterocycles. The predicted molar refractivity (Wildman–Crippen MR) is 79.6 cm³/mol. The van der Waals surface area contributed by atoms with Crippen LogP contribution in [-0.4, -0.2) is 41.2 Å². The van der Waals surface area contributed by atoms with Gasteiger partial charge in [0.25, 0.3) is 0 Å². The molecule has 1 aliphatic heterocycles. The summed E-state index contributed by atoms with van der Waals surface area (Å²) in [7, 11) is 0. The first-order valence-corrected chi connectivity index (χ1v) is 7.73. The van der Waals surface area contributed by atoms with Gasteiger partial charge in [0.15, 0.2) is 0 Å². The Morgan fingerprint density at radius 1 is 1.58 bits per heavy atom. The van der Waals surface area contributed by atoms with E-state index in [0.717, 1.165) is 12.1 Å². The van der Waals surface area contributed by atoms with Crippen molar-refractivity contribution in [1.29, 1.82) is 0 Å². The monoisotopic (exact) mass is 280 g/mol. The molecule has 0 saturated heterocycles. The zero-order chi connectivity index (χ0) is 13.8. The first kappa shape index (κ1) is 14.2. The van der Waals surface area contributed by atoms with E-state index in [1.165, 1.54) is 5.56 Å². The van der Waals surface area contributed by atoms with E-state index in [-0.39, 0.29) is 29.8 Å². The number of aliphatic hydroxyl groups excluding tert-OH is 1. The average Bonchev–Trinajstić information content (AvgIpc) is 2.84. The van der Waals surface area contributed by atoms with E-state index in [0.29, 0.717) is 0 Å². The van der Waals surface area contributed by atoms with Gasteiger partial charge in [-0.15, -0.1) is 0 Å². The van der Waals surface area contributed by atoms with Gasteiger partial charge in [0.1, 0.15) is 6.04 Å². The van der Waals surface area contributed by atoms with Gasteiger partial charge in [-0.3, -0.25) is 4.79 Å². The summed E-state index contributed by atoms with van der Waals surface area (Å²) in [5, 5.41) is 15.5. The number of nitrogens with one attached hydrogen (secondary N) is 2. The van der Waals surface area contributed by atoms with Gasteiger partial charge in [-0.2, -0.15) is 11.8 Å². The molecule has 0 spiro atoms. The number of thioether (sulfide) groups is 1. The third-order valence-corrected chi connectivity index (χ3v) is 4.66. The quantitative estimate of drug-likeness (QED) is 0.760. The molecule has 0 saturated carbocycles. The highest BCUT2D eigenvalue weighted by atomic mass is 32.2. The van der Waals surface area contributed by atoms with Crippen molar-refractivity contribution in [3.05, 3.63) is 29.8 Å². The van der Waals surface area contributed by atoms with E-state index in [1.807, 2.05) is 37.4 Å². The molecule has 5 heteroatoms. The number of rotatable bonds is 5. The summed E-state index contributed by atoms with van der Waals surface area (Å²) in [6.45, 7) is 2.00. The maximum absolute atomic E-state index is 12.2. The summed E-state index contributed by atoms with van der Waals surface area (Å²) < 4.78 is 0. The van der Waals surface area contributed by atoms with Gasteiger partial charge in [0, 0.05) is 23.4 Å². The first-order valence-electron chi connectivity index (χ1n) is 6.44. The third kappa shape index (κ3) is 3.22. The molecule has 1 aliphatic rings. The molecule has 0 aliphatic carbocycles. The number of hydrogen-bond donors (Lipinski definition) is 3. The third-order valence-electron chi connectivity index (χ3n) is 3.50. The van der Waals surface area contributed by atoms with Gasteiger partial charge in [-0.05, 0) is 24.8 Å². The van der Waals surface area contributed by atoms with Crippen LogP contribution in [0.3, 0.4) is 0 Å². The van der Waals surface area contributed by atoms with Crippen LogP contribution in [0.25, 0.3) is 0 Å². The standard InChI is InChI=1S/C14H20N2O2S/c1-9(13(8-17)19-2)15-14(18)12-7-10-5-3-4-6-11(10)16-12/h3-6,9,12-13,16-17H,7-8H2,1-2H3,(H,15,18). The Labute approximate surface area is 118 Å². The summed E-state index contributed by atoms with van der Waals surface area (Å²) in [6, 6.07) is 7.73. The van der Waals surface area contributed by atoms with E-state index in [2.05, 4.69) is 10.6 Å². The highest BCUT2D eigenvalue weighted by Crippen LogP contribution is 2.25. The Bertz CT molecular complexity index is 424. The zero-order valence-corrected chi connectivity index (χ0v) is 12.0. The number of aliphatic hydroxyl groups is 1. The van der Waals surface area contributed by atoms with Crippen molar-refractivity contribution in [2.45, 2.75) is 30.7 Å². The zero-order valence-electron chi connectivity index (χ0n) is 11.2. The van der Waals surface area contributed by atoms with Crippen LogP contribution in [0.15, 0.2) is 24.3 Å². The van der Waals surface area contributed by atoms with Crippen molar-refractivity contribution in [1.82, 2.24) is 5.32 Å². The van der Waals surface area contributed by atoms with Crippen LogP contribution < -0.4 is 10.6 Å². The van der Waals surface area contributed by atoms with Gasteiger partial charge in [0.05, 0.1) is 6.61 Å². The molecule has 104 valence electrons. The van der Waals surface area contributed by atoms with Crippen molar-refractivity contribution < 1.29 is 9.90 Å². The molecule has 0 radical (unpaired) electrons. The van der Waals surface area contributed by atoms with Gasteiger partial charge >= 0.3 is 0 Å². The minimum atomic E-state index is -0.207. The number of amides is 1.